The standard InChI is InChI=1S/C10H14N2/c11-10(8-3-1-4-8)9-5-2-6-12-7-9/h2,5-8,10H,1,3-4,11H2/t10-/m1/s1. The molecule has 0 spiro atoms. The molecule has 1 aromatic heterocycles. The lowest BCUT2D eigenvalue weighted by molar-refractivity contribution is 0.264. The monoisotopic (exact) mass is 162 g/mol. The van der Waals surface area contributed by atoms with Crippen LogP contribution in [0.1, 0.15) is 30.9 Å². The number of aromatic nitrogens is 1. The first kappa shape index (κ1) is 7.74. The molecule has 0 radical (unpaired) electrons. The van der Waals surface area contributed by atoms with Gasteiger partial charge in [-0.2, -0.15) is 0 Å². The molecule has 12 heavy (non-hydrogen) atoms. The van der Waals surface area contributed by atoms with Crippen LogP contribution >= 0.6 is 0 Å². The van der Waals surface area contributed by atoms with Gasteiger partial charge in [-0.05, 0) is 30.4 Å². The van der Waals surface area contributed by atoms with E-state index >= 15 is 0 Å². The van der Waals surface area contributed by atoms with Gasteiger partial charge in [0.1, 0.15) is 0 Å². The van der Waals surface area contributed by atoms with Crippen molar-refractivity contribution in [3.8, 4) is 0 Å². The van der Waals surface area contributed by atoms with Crippen LogP contribution in [0, 0.1) is 5.92 Å². The van der Waals surface area contributed by atoms with Crippen LogP contribution in [-0.4, -0.2) is 4.98 Å². The number of nitrogens with zero attached hydrogens (tertiary/aromatic N) is 1. The van der Waals surface area contributed by atoms with Crippen LogP contribution < -0.4 is 5.73 Å². The number of hydrogen-bond donors (Lipinski definition) is 1. The summed E-state index contributed by atoms with van der Waals surface area (Å²) >= 11 is 0. The highest BCUT2D eigenvalue weighted by Crippen LogP contribution is 2.35. The molecular weight excluding hydrogens is 148 g/mol. The minimum Gasteiger partial charge on any atom is -0.324 e. The largest absolute Gasteiger partial charge is 0.324 e. The topological polar surface area (TPSA) is 38.9 Å². The van der Waals surface area contributed by atoms with Crippen LogP contribution in [0.4, 0.5) is 0 Å². The zero-order chi connectivity index (χ0) is 8.39. The second kappa shape index (κ2) is 3.23. The third-order valence-corrected chi connectivity index (χ3v) is 2.73. The van der Waals surface area contributed by atoms with Crippen molar-refractivity contribution in [3.05, 3.63) is 30.1 Å². The van der Waals surface area contributed by atoms with Gasteiger partial charge in [0.25, 0.3) is 0 Å². The Bertz CT molecular complexity index is 241. The van der Waals surface area contributed by atoms with E-state index < -0.39 is 0 Å². The molecule has 0 aromatic carbocycles. The molecule has 2 rings (SSSR count). The Labute approximate surface area is 72.8 Å². The zero-order valence-electron chi connectivity index (χ0n) is 7.11. The molecular formula is C10H14N2. The lowest BCUT2D eigenvalue weighted by Gasteiger charge is -2.31. The van der Waals surface area contributed by atoms with E-state index in [4.69, 9.17) is 5.73 Å². The Hall–Kier alpha value is -0.890. The van der Waals surface area contributed by atoms with E-state index in [1.54, 1.807) is 6.20 Å². The third kappa shape index (κ3) is 1.34. The highest BCUT2D eigenvalue weighted by atomic mass is 14.7. The summed E-state index contributed by atoms with van der Waals surface area (Å²) < 4.78 is 0. The summed E-state index contributed by atoms with van der Waals surface area (Å²) in [5.41, 5.74) is 7.24. The Morgan fingerprint density at radius 1 is 1.50 bits per heavy atom. The fourth-order valence-electron chi connectivity index (χ4n) is 1.64. The van der Waals surface area contributed by atoms with Gasteiger partial charge in [0, 0.05) is 18.4 Å². The fourth-order valence-corrected chi connectivity index (χ4v) is 1.64. The predicted octanol–water partition coefficient (Wildman–Crippen LogP) is 1.88. The summed E-state index contributed by atoms with van der Waals surface area (Å²) in [6, 6.07) is 4.23. The van der Waals surface area contributed by atoms with E-state index in [1.807, 2.05) is 12.3 Å². The van der Waals surface area contributed by atoms with E-state index in [0.717, 1.165) is 0 Å². The van der Waals surface area contributed by atoms with Crippen molar-refractivity contribution < 1.29 is 0 Å². The molecule has 64 valence electrons. The Kier molecular flexibility index (Phi) is 2.09. The Balaban J connectivity index is 2.08. The Morgan fingerprint density at radius 3 is 2.83 bits per heavy atom. The molecule has 1 saturated carbocycles. The number of hydrogen-bond acceptors (Lipinski definition) is 2. The van der Waals surface area contributed by atoms with Gasteiger partial charge in [-0.15, -0.1) is 0 Å². The van der Waals surface area contributed by atoms with Crippen molar-refractivity contribution in [2.75, 3.05) is 0 Å². The first-order valence-corrected chi connectivity index (χ1v) is 4.53. The van der Waals surface area contributed by atoms with Crippen LogP contribution in [0.3, 0.4) is 0 Å². The molecule has 0 bridgehead atoms. The summed E-state index contributed by atoms with van der Waals surface area (Å²) in [5, 5.41) is 0. The number of pyridine rings is 1. The van der Waals surface area contributed by atoms with E-state index in [9.17, 15) is 0 Å². The molecule has 0 saturated heterocycles. The lowest BCUT2D eigenvalue weighted by Crippen LogP contribution is -2.26. The van der Waals surface area contributed by atoms with E-state index in [2.05, 4.69) is 11.1 Å². The third-order valence-electron chi connectivity index (χ3n) is 2.73. The van der Waals surface area contributed by atoms with Crippen molar-refractivity contribution in [1.29, 1.82) is 0 Å². The summed E-state index contributed by atoms with van der Waals surface area (Å²) in [5.74, 6) is 0.703. The van der Waals surface area contributed by atoms with Crippen molar-refractivity contribution in [1.82, 2.24) is 4.98 Å². The first-order chi connectivity index (χ1) is 5.88. The van der Waals surface area contributed by atoms with Crippen LogP contribution in [0.5, 0.6) is 0 Å². The van der Waals surface area contributed by atoms with Crippen molar-refractivity contribution in [2.45, 2.75) is 25.3 Å². The molecule has 2 N–H and O–H groups in total. The molecule has 1 aliphatic carbocycles. The maximum absolute atomic E-state index is 6.06. The molecule has 1 aromatic rings. The number of nitrogens with two attached hydrogens (primary N) is 1. The molecule has 0 unspecified atom stereocenters. The number of rotatable bonds is 2. The predicted molar refractivity (Wildman–Crippen MR) is 48.5 cm³/mol. The van der Waals surface area contributed by atoms with Crippen LogP contribution in [0.25, 0.3) is 0 Å². The normalized spacial score (nSPS) is 20.1. The van der Waals surface area contributed by atoms with Gasteiger partial charge in [0.05, 0.1) is 0 Å². The van der Waals surface area contributed by atoms with Crippen LogP contribution in [0.2, 0.25) is 0 Å². The van der Waals surface area contributed by atoms with Crippen LogP contribution in [-0.2, 0) is 0 Å². The van der Waals surface area contributed by atoms with Crippen molar-refractivity contribution in [2.24, 2.45) is 11.7 Å². The SMILES string of the molecule is N[C@@H](c1cccnc1)C1CCC1. The highest BCUT2D eigenvalue weighted by Gasteiger charge is 2.25. The zero-order valence-corrected chi connectivity index (χ0v) is 7.11. The molecule has 0 aliphatic heterocycles. The van der Waals surface area contributed by atoms with Crippen molar-refractivity contribution in [3.63, 3.8) is 0 Å². The average Bonchev–Trinajstić information content (AvgIpc) is 2.03. The molecule has 2 heteroatoms. The average molecular weight is 162 g/mol. The maximum atomic E-state index is 6.06. The molecule has 1 heterocycles. The second-order valence-electron chi connectivity index (χ2n) is 3.50. The van der Waals surface area contributed by atoms with Gasteiger partial charge in [0.2, 0.25) is 0 Å². The molecule has 1 atom stereocenters. The molecule has 0 amide bonds. The van der Waals surface area contributed by atoms with E-state index in [1.165, 1.54) is 24.8 Å². The maximum Gasteiger partial charge on any atom is 0.0338 e. The van der Waals surface area contributed by atoms with Gasteiger partial charge in [0.15, 0.2) is 0 Å². The second-order valence-corrected chi connectivity index (χ2v) is 3.50. The summed E-state index contributed by atoms with van der Waals surface area (Å²) in [6.07, 6.45) is 7.59. The van der Waals surface area contributed by atoms with E-state index in [-0.39, 0.29) is 6.04 Å². The molecule has 1 fully saturated rings. The minimum atomic E-state index is 0.215. The van der Waals surface area contributed by atoms with E-state index in [0.29, 0.717) is 5.92 Å². The van der Waals surface area contributed by atoms with Gasteiger partial charge in [-0.25, -0.2) is 0 Å². The summed E-state index contributed by atoms with van der Waals surface area (Å²) in [7, 11) is 0. The summed E-state index contributed by atoms with van der Waals surface area (Å²) in [4.78, 5) is 4.07. The van der Waals surface area contributed by atoms with Gasteiger partial charge in [-0.1, -0.05) is 12.5 Å². The first-order valence-electron chi connectivity index (χ1n) is 4.53. The Morgan fingerprint density at radius 2 is 2.33 bits per heavy atom. The molecule has 1 aliphatic rings. The minimum absolute atomic E-state index is 0.215. The quantitative estimate of drug-likeness (QED) is 0.721. The highest BCUT2D eigenvalue weighted by molar-refractivity contribution is 5.14. The lowest BCUT2D eigenvalue weighted by atomic mass is 9.78. The van der Waals surface area contributed by atoms with Gasteiger partial charge in [-0.3, -0.25) is 4.98 Å². The van der Waals surface area contributed by atoms with Crippen molar-refractivity contribution >= 4 is 0 Å². The van der Waals surface area contributed by atoms with Gasteiger partial charge < -0.3 is 5.73 Å². The fraction of sp³-hybridized carbons (Fsp3) is 0.500. The molecule has 2 nitrogen and oxygen atoms in total. The summed E-state index contributed by atoms with van der Waals surface area (Å²) in [6.45, 7) is 0. The smallest absolute Gasteiger partial charge is 0.0338 e. The van der Waals surface area contributed by atoms with Gasteiger partial charge >= 0.3 is 0 Å². The van der Waals surface area contributed by atoms with Crippen LogP contribution in [0.15, 0.2) is 24.5 Å².